The molecule has 0 amide bonds. The summed E-state index contributed by atoms with van der Waals surface area (Å²) in [5, 5.41) is 0. The van der Waals surface area contributed by atoms with Crippen molar-refractivity contribution in [3.63, 3.8) is 0 Å². The molecule has 0 radical (unpaired) electrons. The maximum atomic E-state index is 4.38. The molecule has 0 saturated heterocycles. The molecule has 0 heterocycles. The first-order valence-corrected chi connectivity index (χ1v) is 8.19. The Bertz CT molecular complexity index is 24.3. The van der Waals surface area contributed by atoms with Crippen LogP contribution < -0.4 is 0 Å². The van der Waals surface area contributed by atoms with Crippen LogP contribution >= 0.6 is 33.1 Å². The molecule has 0 aliphatic rings. The van der Waals surface area contributed by atoms with Crippen molar-refractivity contribution in [2.24, 2.45) is 0 Å². The van der Waals surface area contributed by atoms with Crippen molar-refractivity contribution >= 4 is 33.1 Å². The van der Waals surface area contributed by atoms with Gasteiger partial charge in [-0.3, -0.25) is 0 Å². The fourth-order valence-electron chi connectivity index (χ4n) is 0. The van der Waals surface area contributed by atoms with E-state index in [9.17, 15) is 0 Å². The molecule has 0 atom stereocenters. The third-order valence-electron chi connectivity index (χ3n) is 0. The van der Waals surface area contributed by atoms with E-state index in [1.54, 1.807) is 0 Å². The summed E-state index contributed by atoms with van der Waals surface area (Å²) in [6, 6.07) is 0. The minimum absolute atomic E-state index is 0. The Morgan fingerprint density at radius 2 is 1.25 bits per heavy atom. The first-order chi connectivity index (χ1) is 1.41. The van der Waals surface area contributed by atoms with E-state index in [4.69, 9.17) is 0 Å². The second-order valence-electron chi connectivity index (χ2n) is 0.0680. The van der Waals surface area contributed by atoms with Crippen LogP contribution in [0.5, 0.6) is 0 Å². The fourth-order valence-corrected chi connectivity index (χ4v) is 0. The average molecular weight is 282 g/mol. The summed E-state index contributed by atoms with van der Waals surface area (Å²) < 4.78 is 0. The standard InChI is InChI=1S/H2S.2S.W/h1H2;;;. The molecule has 0 aliphatic heterocycles. The molecule has 0 bridgehead atoms. The van der Waals surface area contributed by atoms with E-state index in [-0.39, 0.29) is 13.5 Å². The summed E-state index contributed by atoms with van der Waals surface area (Å²) in [7, 11) is 8.75. The van der Waals surface area contributed by atoms with E-state index in [0.29, 0.717) is 0 Å². The molecule has 4 heavy (non-hydrogen) atoms. The van der Waals surface area contributed by atoms with Crippen molar-refractivity contribution in [3.05, 3.63) is 0 Å². The van der Waals surface area contributed by atoms with Gasteiger partial charge in [-0.25, -0.2) is 0 Å². The molecule has 4 heteroatoms. The Hall–Kier alpha value is 1.48. The van der Waals surface area contributed by atoms with Gasteiger partial charge in [0.1, 0.15) is 0 Å². The molecule has 0 fully saturated rings. The van der Waals surface area contributed by atoms with Gasteiger partial charge in [-0.15, -0.1) is 0 Å². The third kappa shape index (κ3) is 9.78. The Balaban J connectivity index is 0. The normalized spacial score (nSPS) is 3.00. The van der Waals surface area contributed by atoms with E-state index in [1.807, 2.05) is 0 Å². The van der Waals surface area contributed by atoms with Gasteiger partial charge in [0.2, 0.25) is 0 Å². The molecule has 0 N–H and O–H groups in total. The van der Waals surface area contributed by atoms with E-state index in [1.165, 1.54) is 0 Å². The van der Waals surface area contributed by atoms with E-state index in [2.05, 4.69) is 19.6 Å². The quantitative estimate of drug-likeness (QED) is 0.659. The summed E-state index contributed by atoms with van der Waals surface area (Å²) in [4.78, 5) is 0. The molecule has 0 aromatic carbocycles. The summed E-state index contributed by atoms with van der Waals surface area (Å²) in [6.07, 6.45) is 0. The molecule has 26 valence electrons. The third-order valence-corrected chi connectivity index (χ3v) is 0. The maximum absolute atomic E-state index is 4.38. The molecular formula is H2S3W. The zero-order chi connectivity index (χ0) is 2.71. The topological polar surface area (TPSA) is 0 Å². The van der Waals surface area contributed by atoms with Crippen LogP contribution in [0.1, 0.15) is 0 Å². The molecular weight excluding hydrogens is 280 g/mol. The van der Waals surface area contributed by atoms with Gasteiger partial charge in [-0.1, -0.05) is 0 Å². The van der Waals surface area contributed by atoms with Crippen molar-refractivity contribution in [2.75, 3.05) is 0 Å². The minimum atomic E-state index is -0.583. The molecule has 0 saturated carbocycles. The first-order valence-electron chi connectivity index (χ1n) is 0.333. The van der Waals surface area contributed by atoms with Crippen LogP contribution in [-0.4, -0.2) is 0 Å². The van der Waals surface area contributed by atoms with Gasteiger partial charge in [0.05, 0.1) is 0 Å². The Morgan fingerprint density at radius 1 is 1.25 bits per heavy atom. The van der Waals surface area contributed by atoms with Crippen LogP contribution in [0.4, 0.5) is 0 Å². The van der Waals surface area contributed by atoms with Crippen LogP contribution in [0.3, 0.4) is 0 Å². The Labute approximate surface area is 47.8 Å². The van der Waals surface area contributed by atoms with Gasteiger partial charge in [0, 0.05) is 0 Å². The Kier molecular flexibility index (Phi) is 20.0. The Morgan fingerprint density at radius 3 is 1.25 bits per heavy atom. The van der Waals surface area contributed by atoms with Crippen LogP contribution in [0.15, 0.2) is 0 Å². The summed E-state index contributed by atoms with van der Waals surface area (Å²) in [6.45, 7) is 0. The van der Waals surface area contributed by atoms with Crippen molar-refractivity contribution in [2.45, 2.75) is 0 Å². The molecule has 0 nitrogen and oxygen atoms in total. The van der Waals surface area contributed by atoms with Crippen molar-refractivity contribution in [1.29, 1.82) is 0 Å². The van der Waals surface area contributed by atoms with Gasteiger partial charge in [-0.05, 0) is 0 Å². The fraction of sp³-hybridized carbons (Fsp3) is 0. The predicted molar refractivity (Wildman–Crippen MR) is 25.6 cm³/mol. The van der Waals surface area contributed by atoms with Gasteiger partial charge in [-0.2, -0.15) is 13.5 Å². The van der Waals surface area contributed by atoms with Gasteiger partial charge < -0.3 is 0 Å². The molecule has 0 aromatic heterocycles. The summed E-state index contributed by atoms with van der Waals surface area (Å²) >= 11 is -0.583. The zero-order valence-corrected chi connectivity index (χ0v) is 7.29. The van der Waals surface area contributed by atoms with E-state index >= 15 is 0 Å². The number of hydrogen-bond acceptors (Lipinski definition) is 2. The zero-order valence-electron chi connectivity index (χ0n) is 1.72. The molecule has 0 spiro atoms. The second-order valence-corrected chi connectivity index (χ2v) is 5.01. The summed E-state index contributed by atoms with van der Waals surface area (Å²) in [5.41, 5.74) is 0. The van der Waals surface area contributed by atoms with Crippen LogP contribution in [-0.2, 0) is 14.9 Å². The van der Waals surface area contributed by atoms with Crippen LogP contribution in [0.2, 0.25) is 0 Å². The second kappa shape index (κ2) is 8.82. The summed E-state index contributed by atoms with van der Waals surface area (Å²) in [5.74, 6) is 0. The SMILES string of the molecule is S.[S]=[W]=[S]. The van der Waals surface area contributed by atoms with E-state index in [0.717, 1.165) is 0 Å². The van der Waals surface area contributed by atoms with Crippen molar-refractivity contribution < 1.29 is 14.9 Å². The number of rotatable bonds is 0. The monoisotopic (exact) mass is 282 g/mol. The van der Waals surface area contributed by atoms with Crippen LogP contribution in [0, 0.1) is 0 Å². The molecule has 0 rings (SSSR count). The predicted octanol–water partition coefficient (Wildman–Crippen LogP) is 1.41. The van der Waals surface area contributed by atoms with E-state index < -0.39 is 14.9 Å². The molecule has 0 aliphatic carbocycles. The van der Waals surface area contributed by atoms with Crippen LogP contribution in [0.25, 0.3) is 0 Å². The van der Waals surface area contributed by atoms with Crippen molar-refractivity contribution in [1.82, 2.24) is 0 Å². The first kappa shape index (κ1) is 9.08. The molecule has 0 unspecified atom stereocenters. The number of hydrogen-bond donors (Lipinski definition) is 0. The van der Waals surface area contributed by atoms with Gasteiger partial charge in [0.25, 0.3) is 0 Å². The average Bonchev–Trinajstić information content (AvgIpc) is 0.918. The van der Waals surface area contributed by atoms with Crippen molar-refractivity contribution in [3.8, 4) is 0 Å². The van der Waals surface area contributed by atoms with Gasteiger partial charge >= 0.3 is 34.6 Å². The van der Waals surface area contributed by atoms with Gasteiger partial charge in [0.15, 0.2) is 0 Å². The molecule has 0 aromatic rings.